The van der Waals surface area contributed by atoms with E-state index >= 15 is 0 Å². The SMILES string of the molecule is C=O.CC(CCO)N(CC=O)C(=O)COCCCO.CCC(=O)O.CCC(=O)O.O=CO. The molecule has 0 radical (unpaired) electrons. The van der Waals surface area contributed by atoms with Crippen LogP contribution in [0.2, 0.25) is 0 Å². The van der Waals surface area contributed by atoms with Crippen molar-refractivity contribution in [2.45, 2.75) is 52.5 Å². The van der Waals surface area contributed by atoms with Crippen molar-refractivity contribution in [3.8, 4) is 0 Å². The molecule has 32 heavy (non-hydrogen) atoms. The van der Waals surface area contributed by atoms with Gasteiger partial charge < -0.3 is 44.8 Å². The Bertz CT molecular complexity index is 446. The summed E-state index contributed by atoms with van der Waals surface area (Å²) in [4.78, 5) is 58.7. The maximum atomic E-state index is 11.7. The van der Waals surface area contributed by atoms with Crippen molar-refractivity contribution in [3.05, 3.63) is 0 Å². The zero-order valence-corrected chi connectivity index (χ0v) is 18.8. The molecular weight excluding hydrogens is 434 g/mol. The van der Waals surface area contributed by atoms with Gasteiger partial charge in [-0.25, -0.2) is 0 Å². The summed E-state index contributed by atoms with van der Waals surface area (Å²) in [7, 11) is 0. The molecule has 0 aliphatic rings. The molecule has 0 aliphatic carbocycles. The normalized spacial score (nSPS) is 9.28. The molecule has 0 aromatic heterocycles. The summed E-state index contributed by atoms with van der Waals surface area (Å²) in [6.45, 7) is 6.91. The van der Waals surface area contributed by atoms with E-state index in [1.807, 2.05) is 6.79 Å². The van der Waals surface area contributed by atoms with Gasteiger partial charge in [0.25, 0.3) is 6.47 Å². The van der Waals surface area contributed by atoms with Gasteiger partial charge in [-0.2, -0.15) is 0 Å². The lowest BCUT2D eigenvalue weighted by atomic mass is 10.2. The van der Waals surface area contributed by atoms with Crippen LogP contribution in [0.1, 0.15) is 46.5 Å². The van der Waals surface area contributed by atoms with Crippen LogP contribution in [0.3, 0.4) is 0 Å². The van der Waals surface area contributed by atoms with Crippen LogP contribution in [-0.4, -0.2) is 107 Å². The molecule has 0 fully saturated rings. The van der Waals surface area contributed by atoms with Crippen LogP contribution < -0.4 is 0 Å². The topological polar surface area (TPSA) is 216 Å². The quantitative estimate of drug-likeness (QED) is 0.182. The zero-order chi connectivity index (χ0) is 26.4. The van der Waals surface area contributed by atoms with Gasteiger partial charge in [-0.1, -0.05) is 13.8 Å². The van der Waals surface area contributed by atoms with Crippen molar-refractivity contribution in [1.29, 1.82) is 0 Å². The van der Waals surface area contributed by atoms with Crippen LogP contribution in [0.15, 0.2) is 0 Å². The molecule has 0 saturated heterocycles. The number of carbonyl (C=O) groups excluding carboxylic acids is 3. The maximum absolute atomic E-state index is 11.7. The van der Waals surface area contributed by atoms with Gasteiger partial charge in [0.1, 0.15) is 19.7 Å². The number of ether oxygens (including phenoxy) is 1. The molecule has 1 atom stereocenters. The predicted octanol–water partition coefficient (Wildman–Crippen LogP) is -0.338. The van der Waals surface area contributed by atoms with E-state index < -0.39 is 11.9 Å². The van der Waals surface area contributed by atoms with E-state index in [1.54, 1.807) is 20.8 Å². The molecule has 1 amide bonds. The molecule has 0 spiro atoms. The highest BCUT2D eigenvalue weighted by Crippen LogP contribution is 2.03. The van der Waals surface area contributed by atoms with Crippen LogP contribution in [0, 0.1) is 0 Å². The summed E-state index contributed by atoms with van der Waals surface area (Å²) in [5.74, 6) is -1.77. The summed E-state index contributed by atoms with van der Waals surface area (Å²) in [6.07, 6.45) is 2.00. The fourth-order valence-electron chi connectivity index (χ4n) is 1.36. The Labute approximate surface area is 187 Å². The van der Waals surface area contributed by atoms with Crippen molar-refractivity contribution in [1.82, 2.24) is 4.90 Å². The van der Waals surface area contributed by atoms with Crippen LogP contribution in [-0.2, 0) is 33.5 Å². The summed E-state index contributed by atoms with van der Waals surface area (Å²) < 4.78 is 5.06. The number of carboxylic acid groups (broad SMARTS) is 3. The predicted molar refractivity (Wildman–Crippen MR) is 113 cm³/mol. The molecule has 0 saturated carbocycles. The van der Waals surface area contributed by atoms with Gasteiger partial charge >= 0.3 is 11.9 Å². The summed E-state index contributed by atoms with van der Waals surface area (Å²) in [5, 5.41) is 39.7. The first-order chi connectivity index (χ1) is 15.1. The number of nitrogens with zero attached hydrogens (tertiary/aromatic N) is 1. The van der Waals surface area contributed by atoms with Gasteiger partial charge in [-0.15, -0.1) is 0 Å². The van der Waals surface area contributed by atoms with Crippen LogP contribution >= 0.6 is 0 Å². The van der Waals surface area contributed by atoms with Gasteiger partial charge in [-0.05, 0) is 19.8 Å². The highest BCUT2D eigenvalue weighted by atomic mass is 16.5. The molecule has 1 unspecified atom stereocenters. The third-order valence-electron chi connectivity index (χ3n) is 2.95. The van der Waals surface area contributed by atoms with E-state index in [1.165, 1.54) is 4.90 Å². The van der Waals surface area contributed by atoms with Crippen molar-refractivity contribution in [3.63, 3.8) is 0 Å². The first-order valence-corrected chi connectivity index (χ1v) is 9.45. The number of aliphatic hydroxyl groups is 2. The van der Waals surface area contributed by atoms with Gasteiger partial charge in [0.15, 0.2) is 0 Å². The average molecular weight is 472 g/mol. The van der Waals surface area contributed by atoms with Gasteiger partial charge in [0.2, 0.25) is 5.91 Å². The summed E-state index contributed by atoms with van der Waals surface area (Å²) in [6, 6.07) is -0.195. The summed E-state index contributed by atoms with van der Waals surface area (Å²) >= 11 is 0. The van der Waals surface area contributed by atoms with E-state index in [0.29, 0.717) is 25.7 Å². The number of amides is 1. The molecule has 0 rings (SSSR count). The third kappa shape index (κ3) is 41.5. The molecule has 0 heterocycles. The van der Waals surface area contributed by atoms with Crippen molar-refractivity contribution in [2.24, 2.45) is 0 Å². The Morgan fingerprint density at radius 1 is 1.00 bits per heavy atom. The van der Waals surface area contributed by atoms with Crippen molar-refractivity contribution in [2.75, 3.05) is 33.0 Å². The molecule has 13 heteroatoms. The molecule has 13 nitrogen and oxygen atoms in total. The second kappa shape index (κ2) is 35.5. The first kappa shape index (κ1) is 39.6. The number of hydrogen-bond donors (Lipinski definition) is 5. The molecule has 0 aliphatic heterocycles. The smallest absolute Gasteiger partial charge is 0.303 e. The minimum Gasteiger partial charge on any atom is -0.483 e. The number of carbonyl (C=O) groups is 6. The number of rotatable bonds is 12. The Kier molecular flexibility index (Phi) is 43.9. The van der Waals surface area contributed by atoms with E-state index in [2.05, 4.69) is 0 Å². The summed E-state index contributed by atoms with van der Waals surface area (Å²) in [5.41, 5.74) is 0. The standard InChI is InChI=1S/C11H21NO5.2C3H6O2.CH2O2.CH2O/c1-10(3-6-14)12(4-7-15)11(16)9-17-8-2-5-13;2*1-2-3(4)5;2-1-3;1-2/h7,10,13-14H,2-6,8-9H2,1H3;2*2H2,1H3,(H,4,5);1H,(H,2,3);1H2. The van der Waals surface area contributed by atoms with Crippen LogP contribution in [0.25, 0.3) is 0 Å². The minimum atomic E-state index is -0.745. The third-order valence-corrected chi connectivity index (χ3v) is 2.95. The number of carboxylic acids is 2. The lowest BCUT2D eigenvalue weighted by molar-refractivity contribution is -0.140. The highest BCUT2D eigenvalue weighted by molar-refractivity contribution is 5.80. The molecular formula is C19H37NO12. The highest BCUT2D eigenvalue weighted by Gasteiger charge is 2.19. The van der Waals surface area contributed by atoms with Crippen LogP contribution in [0.4, 0.5) is 0 Å². The minimum absolute atomic E-state index is 0.00333. The molecule has 0 bridgehead atoms. The Hall–Kier alpha value is -2.90. The Morgan fingerprint density at radius 2 is 1.41 bits per heavy atom. The van der Waals surface area contributed by atoms with Gasteiger partial charge in [0, 0.05) is 38.7 Å². The molecule has 5 N–H and O–H groups in total. The second-order valence-electron chi connectivity index (χ2n) is 5.30. The fraction of sp³-hybridized carbons (Fsp3) is 0.684. The first-order valence-electron chi connectivity index (χ1n) is 9.45. The number of aldehydes is 1. The van der Waals surface area contributed by atoms with E-state index in [4.69, 9.17) is 39.9 Å². The second-order valence-corrected chi connectivity index (χ2v) is 5.30. The van der Waals surface area contributed by atoms with Crippen LogP contribution in [0.5, 0.6) is 0 Å². The number of hydrogen-bond acceptors (Lipinski definition) is 9. The van der Waals surface area contributed by atoms with E-state index in [-0.39, 0.29) is 57.6 Å². The number of aliphatic carboxylic acids is 2. The van der Waals surface area contributed by atoms with Crippen molar-refractivity contribution >= 4 is 37.4 Å². The van der Waals surface area contributed by atoms with E-state index in [9.17, 15) is 19.2 Å². The monoisotopic (exact) mass is 471 g/mol. The molecule has 190 valence electrons. The Balaban J connectivity index is -0.000000132. The number of aliphatic hydroxyl groups excluding tert-OH is 2. The average Bonchev–Trinajstić information content (AvgIpc) is 2.77. The van der Waals surface area contributed by atoms with Crippen molar-refractivity contribution < 1.29 is 59.0 Å². The fourth-order valence-corrected chi connectivity index (χ4v) is 1.36. The van der Waals surface area contributed by atoms with E-state index in [0.717, 1.165) is 0 Å². The van der Waals surface area contributed by atoms with Gasteiger partial charge in [-0.3, -0.25) is 19.2 Å². The van der Waals surface area contributed by atoms with Gasteiger partial charge in [0.05, 0.1) is 6.54 Å². The lowest BCUT2D eigenvalue weighted by Gasteiger charge is -2.26. The largest absolute Gasteiger partial charge is 0.483 e. The maximum Gasteiger partial charge on any atom is 0.303 e. The lowest BCUT2D eigenvalue weighted by Crippen LogP contribution is -2.42. The Morgan fingerprint density at radius 3 is 1.69 bits per heavy atom. The molecule has 0 aromatic rings. The zero-order valence-electron chi connectivity index (χ0n) is 18.8. The molecule has 0 aromatic carbocycles.